The Bertz CT molecular complexity index is 898. The molecule has 9 heteroatoms. The van der Waals surface area contributed by atoms with E-state index in [0.717, 1.165) is 28.2 Å². The second kappa shape index (κ2) is 4.21. The number of hydrogen-bond donors (Lipinski definition) is 2. The van der Waals surface area contributed by atoms with Gasteiger partial charge in [0.1, 0.15) is 10.5 Å². The molecule has 3 rings (SSSR count). The highest BCUT2D eigenvalue weighted by Gasteiger charge is 2.12. The lowest BCUT2D eigenvalue weighted by molar-refractivity contribution is 0.429. The van der Waals surface area contributed by atoms with Gasteiger partial charge in [-0.3, -0.25) is 4.79 Å². The minimum absolute atomic E-state index is 0.00292. The summed E-state index contributed by atoms with van der Waals surface area (Å²) in [5, 5.41) is 9.10. The van der Waals surface area contributed by atoms with E-state index in [-0.39, 0.29) is 10.6 Å². The first-order valence-electron chi connectivity index (χ1n) is 5.01. The Morgan fingerprint density at radius 3 is 3.00 bits per heavy atom. The van der Waals surface area contributed by atoms with E-state index in [1.807, 2.05) is 0 Å². The number of hydrogen-bond acceptors (Lipinski definition) is 6. The van der Waals surface area contributed by atoms with Crippen LogP contribution in [-0.4, -0.2) is 24.6 Å². The van der Waals surface area contributed by atoms with Crippen molar-refractivity contribution in [2.24, 2.45) is 0 Å². The fraction of sp³-hybridized carbons (Fsp3) is 0. The number of H-pyrrole nitrogens is 1. The number of nitrogens with zero attached hydrogens (tertiary/aromatic N) is 3. The van der Waals surface area contributed by atoms with Crippen LogP contribution in [-0.2, 0) is 0 Å². The topological polar surface area (TPSA) is 83.8 Å². The highest BCUT2D eigenvalue weighted by molar-refractivity contribution is 7.71. The van der Waals surface area contributed by atoms with Crippen molar-refractivity contribution in [3.05, 3.63) is 38.7 Å². The molecule has 0 aliphatic rings. The summed E-state index contributed by atoms with van der Waals surface area (Å²) in [5.41, 5.74) is 1.46. The highest BCUT2D eigenvalue weighted by Crippen LogP contribution is 2.17. The van der Waals surface area contributed by atoms with Gasteiger partial charge in [0.2, 0.25) is 0 Å². The molecule has 0 bridgehead atoms. The molecule has 0 fully saturated rings. The molecule has 2 N–H and O–H groups in total. The normalized spacial score (nSPS) is 11.0. The molecule has 0 unspecified atom stereocenters. The number of halogens is 1. The Morgan fingerprint density at radius 1 is 1.47 bits per heavy atom. The first kappa shape index (κ1) is 11.9. The van der Waals surface area contributed by atoms with Crippen molar-refractivity contribution in [3.8, 4) is 11.6 Å². The largest absolute Gasteiger partial charge is 0.504 e. The maximum Gasteiger partial charge on any atom is 0.279 e. The van der Waals surface area contributed by atoms with Crippen LogP contribution in [0.15, 0.2) is 22.6 Å². The van der Waals surface area contributed by atoms with Crippen LogP contribution in [0.3, 0.4) is 0 Å². The monoisotopic (exact) mass is 296 g/mol. The molecule has 0 spiro atoms. The zero-order valence-corrected chi connectivity index (χ0v) is 10.8. The Morgan fingerprint density at radius 2 is 2.26 bits per heavy atom. The third-order valence-electron chi connectivity index (χ3n) is 2.44. The lowest BCUT2D eigenvalue weighted by atomic mass is 10.4. The lowest BCUT2D eigenvalue weighted by Crippen LogP contribution is -2.20. The summed E-state index contributed by atoms with van der Waals surface area (Å²) in [5.74, 6) is -1.47. The zero-order chi connectivity index (χ0) is 13.6. The Hall–Kier alpha value is -2.13. The Kier molecular flexibility index (Phi) is 2.64. The average molecular weight is 296 g/mol. The van der Waals surface area contributed by atoms with Gasteiger partial charge in [-0.1, -0.05) is 0 Å². The molecule has 0 amide bonds. The van der Waals surface area contributed by atoms with Gasteiger partial charge in [-0.25, -0.2) is 18.9 Å². The van der Waals surface area contributed by atoms with E-state index < -0.39 is 17.1 Å². The smallest absolute Gasteiger partial charge is 0.279 e. The van der Waals surface area contributed by atoms with Crippen molar-refractivity contribution < 1.29 is 9.50 Å². The number of aromatic hydroxyl groups is 1. The van der Waals surface area contributed by atoms with E-state index in [2.05, 4.69) is 15.0 Å². The first-order valence-corrected chi connectivity index (χ1v) is 6.30. The van der Waals surface area contributed by atoms with Crippen LogP contribution >= 0.6 is 23.6 Å². The number of thiazole rings is 1. The molecular weight excluding hydrogens is 291 g/mol. The van der Waals surface area contributed by atoms with Gasteiger partial charge in [0.15, 0.2) is 22.0 Å². The molecule has 0 radical (unpaired) electrons. The van der Waals surface area contributed by atoms with Crippen LogP contribution in [0, 0.1) is 10.6 Å². The van der Waals surface area contributed by atoms with Crippen LogP contribution in [0.1, 0.15) is 0 Å². The standard InChI is InChI=1S/C10H5FN4O2S2/c11-4-1-6(12-2-5(4)16)15-9(17)7-8(13-3-19-7)14-10(15)18/h1-3,16H,(H,14,18). The van der Waals surface area contributed by atoms with Crippen LogP contribution in [0.4, 0.5) is 4.39 Å². The van der Waals surface area contributed by atoms with Crippen LogP contribution < -0.4 is 5.56 Å². The van der Waals surface area contributed by atoms with Crippen molar-refractivity contribution in [3.63, 3.8) is 0 Å². The van der Waals surface area contributed by atoms with Crippen molar-refractivity contribution in [1.82, 2.24) is 19.5 Å². The summed E-state index contributed by atoms with van der Waals surface area (Å²) < 4.78 is 14.8. The summed E-state index contributed by atoms with van der Waals surface area (Å²) in [4.78, 5) is 22.7. The molecule has 0 atom stereocenters. The van der Waals surface area contributed by atoms with Crippen LogP contribution in [0.25, 0.3) is 16.2 Å². The molecule has 19 heavy (non-hydrogen) atoms. The molecule has 6 nitrogen and oxygen atoms in total. The van der Waals surface area contributed by atoms with E-state index in [1.165, 1.54) is 5.51 Å². The van der Waals surface area contributed by atoms with Gasteiger partial charge in [0.05, 0.1) is 11.7 Å². The maximum absolute atomic E-state index is 13.3. The van der Waals surface area contributed by atoms with Gasteiger partial charge < -0.3 is 10.1 Å². The average Bonchev–Trinajstić information content (AvgIpc) is 2.82. The van der Waals surface area contributed by atoms with E-state index in [0.29, 0.717) is 10.3 Å². The summed E-state index contributed by atoms with van der Waals surface area (Å²) in [6, 6.07) is 0.938. The Balaban J connectivity index is 2.38. The molecule has 0 aliphatic carbocycles. The van der Waals surface area contributed by atoms with Crippen LogP contribution in [0.5, 0.6) is 5.75 Å². The third kappa shape index (κ3) is 1.83. The van der Waals surface area contributed by atoms with E-state index in [9.17, 15) is 9.18 Å². The van der Waals surface area contributed by atoms with Crippen molar-refractivity contribution in [1.29, 1.82) is 0 Å². The van der Waals surface area contributed by atoms with Crippen molar-refractivity contribution >= 4 is 33.9 Å². The summed E-state index contributed by atoms with van der Waals surface area (Å²) in [7, 11) is 0. The van der Waals surface area contributed by atoms with Crippen molar-refractivity contribution in [2.45, 2.75) is 0 Å². The minimum atomic E-state index is -0.879. The molecule has 0 aliphatic heterocycles. The number of aromatic amines is 1. The van der Waals surface area contributed by atoms with Crippen LogP contribution in [0.2, 0.25) is 0 Å². The SMILES string of the molecule is O=c1c2scnc2[nH]c(=S)n1-c1cc(F)c(O)cn1. The predicted octanol–water partition coefficient (Wildman–Crippen LogP) is 1.74. The molecule has 0 saturated heterocycles. The van der Waals surface area contributed by atoms with E-state index >= 15 is 0 Å². The fourth-order valence-electron chi connectivity index (χ4n) is 1.58. The third-order valence-corrected chi connectivity index (χ3v) is 3.54. The molecule has 0 saturated carbocycles. The predicted molar refractivity (Wildman–Crippen MR) is 69.8 cm³/mol. The maximum atomic E-state index is 13.3. The highest BCUT2D eigenvalue weighted by atomic mass is 32.1. The number of aromatic nitrogens is 4. The lowest BCUT2D eigenvalue weighted by Gasteiger charge is -2.05. The van der Waals surface area contributed by atoms with E-state index in [4.69, 9.17) is 17.3 Å². The van der Waals surface area contributed by atoms with E-state index in [1.54, 1.807) is 0 Å². The summed E-state index contributed by atoms with van der Waals surface area (Å²) >= 11 is 6.18. The van der Waals surface area contributed by atoms with Gasteiger partial charge in [-0.05, 0) is 12.2 Å². The van der Waals surface area contributed by atoms with Gasteiger partial charge in [-0.15, -0.1) is 11.3 Å². The molecule has 0 aromatic carbocycles. The van der Waals surface area contributed by atoms with Gasteiger partial charge in [-0.2, -0.15) is 0 Å². The Labute approximate surface area is 113 Å². The number of fused-ring (bicyclic) bond motifs is 1. The molecule has 3 heterocycles. The van der Waals surface area contributed by atoms with Gasteiger partial charge in [0.25, 0.3) is 5.56 Å². The molecular formula is C10H5FN4O2S2. The van der Waals surface area contributed by atoms with Gasteiger partial charge >= 0.3 is 0 Å². The first-order chi connectivity index (χ1) is 9.08. The van der Waals surface area contributed by atoms with Gasteiger partial charge in [0, 0.05) is 6.07 Å². The molecule has 3 aromatic rings. The fourth-order valence-corrected chi connectivity index (χ4v) is 2.53. The number of nitrogens with one attached hydrogen (secondary N) is 1. The summed E-state index contributed by atoms with van der Waals surface area (Å²) in [6.45, 7) is 0. The minimum Gasteiger partial charge on any atom is -0.504 e. The second-order valence-corrected chi connectivity index (χ2v) is 4.84. The van der Waals surface area contributed by atoms with Crippen molar-refractivity contribution in [2.75, 3.05) is 0 Å². The number of pyridine rings is 1. The number of rotatable bonds is 1. The molecule has 3 aromatic heterocycles. The second-order valence-electron chi connectivity index (χ2n) is 3.59. The zero-order valence-electron chi connectivity index (χ0n) is 9.12. The molecule has 96 valence electrons. The quantitative estimate of drug-likeness (QED) is 0.668. The summed E-state index contributed by atoms with van der Waals surface area (Å²) in [6.07, 6.45) is 0.919.